The molecule has 0 bridgehead atoms. The smallest absolute Gasteiger partial charge is 0.433 e. The van der Waals surface area contributed by atoms with Crippen LogP contribution in [0, 0.1) is 0 Å². The fraction of sp³-hybridized carbons (Fsp3) is 0.259. The van der Waals surface area contributed by atoms with Crippen molar-refractivity contribution in [2.75, 3.05) is 7.11 Å². The summed E-state index contributed by atoms with van der Waals surface area (Å²) in [6, 6.07) is 16.1. The number of rotatable bonds is 5. The van der Waals surface area contributed by atoms with Gasteiger partial charge in [0.25, 0.3) is 10.0 Å². The Kier molecular flexibility index (Phi) is 6.66. The zero-order chi connectivity index (χ0) is 27.2. The summed E-state index contributed by atoms with van der Waals surface area (Å²) in [7, 11) is -2.95. The number of fused-ring (bicyclic) bond motifs is 1. The van der Waals surface area contributed by atoms with Crippen LogP contribution in [0.15, 0.2) is 71.6 Å². The lowest BCUT2D eigenvalue weighted by molar-refractivity contribution is -0.140. The van der Waals surface area contributed by atoms with E-state index in [4.69, 9.17) is 4.74 Å². The maximum Gasteiger partial charge on any atom is 0.433 e. The first kappa shape index (κ1) is 26.4. The molecule has 0 amide bonds. The highest BCUT2D eigenvalue weighted by Gasteiger charge is 2.34. The maximum absolute atomic E-state index is 13.9. The van der Waals surface area contributed by atoms with Crippen molar-refractivity contribution in [1.82, 2.24) is 8.96 Å². The average Bonchev–Trinajstić information content (AvgIpc) is 3.21. The molecule has 0 aliphatic carbocycles. The largest absolute Gasteiger partial charge is 0.465 e. The Morgan fingerprint density at radius 3 is 2.24 bits per heavy atom. The monoisotopic (exact) mass is 530 g/mol. The fourth-order valence-corrected chi connectivity index (χ4v) is 5.57. The van der Waals surface area contributed by atoms with Crippen LogP contribution in [0.3, 0.4) is 0 Å². The number of carbonyl (C=O) groups is 1. The maximum atomic E-state index is 13.9. The predicted octanol–water partition coefficient (Wildman–Crippen LogP) is 5.97. The van der Waals surface area contributed by atoms with Crippen LogP contribution in [0.25, 0.3) is 11.0 Å². The Hall–Kier alpha value is -3.66. The van der Waals surface area contributed by atoms with Crippen LogP contribution in [0.5, 0.6) is 0 Å². The number of benzene rings is 2. The number of carbonyl (C=O) groups excluding carboxylic acids is 1. The summed E-state index contributed by atoms with van der Waals surface area (Å²) in [6.45, 7) is 5.86. The van der Waals surface area contributed by atoms with Gasteiger partial charge in [-0.05, 0) is 59.0 Å². The van der Waals surface area contributed by atoms with Crippen molar-refractivity contribution in [1.29, 1.82) is 0 Å². The van der Waals surface area contributed by atoms with E-state index >= 15 is 0 Å². The highest BCUT2D eigenvalue weighted by atomic mass is 32.2. The van der Waals surface area contributed by atoms with Gasteiger partial charge in [0.1, 0.15) is 5.69 Å². The van der Waals surface area contributed by atoms with Gasteiger partial charge in [0.15, 0.2) is 0 Å². The summed E-state index contributed by atoms with van der Waals surface area (Å²) in [5, 5.41) is 0. The summed E-state index contributed by atoms with van der Waals surface area (Å²) in [6.07, 6.45) is -4.61. The molecule has 0 unspecified atom stereocenters. The van der Waals surface area contributed by atoms with E-state index in [1.165, 1.54) is 31.4 Å². The van der Waals surface area contributed by atoms with Crippen LogP contribution >= 0.6 is 0 Å². The molecule has 6 nitrogen and oxygen atoms in total. The molecule has 2 heterocycles. The van der Waals surface area contributed by atoms with Crippen LogP contribution in [-0.2, 0) is 32.8 Å². The number of methoxy groups -OCH3 is 1. The van der Waals surface area contributed by atoms with Crippen molar-refractivity contribution in [3.05, 3.63) is 94.8 Å². The zero-order valence-electron chi connectivity index (χ0n) is 20.6. The second-order valence-electron chi connectivity index (χ2n) is 9.65. The third kappa shape index (κ3) is 5.24. The first-order chi connectivity index (χ1) is 17.2. The number of aromatic nitrogens is 2. The second kappa shape index (κ2) is 9.33. The Bertz CT molecular complexity index is 1580. The Balaban J connectivity index is 1.89. The van der Waals surface area contributed by atoms with Crippen LogP contribution < -0.4 is 0 Å². The molecular weight excluding hydrogens is 505 g/mol. The number of ether oxygens (including phenoxy) is 1. The number of esters is 1. The third-order valence-corrected chi connectivity index (χ3v) is 7.74. The van der Waals surface area contributed by atoms with Gasteiger partial charge in [0, 0.05) is 12.1 Å². The number of alkyl halides is 3. The molecule has 0 spiro atoms. The molecule has 4 rings (SSSR count). The van der Waals surface area contributed by atoms with Gasteiger partial charge in [0.05, 0.1) is 28.6 Å². The number of nitrogens with zero attached hydrogens (tertiary/aromatic N) is 2. The Labute approximate surface area is 212 Å². The van der Waals surface area contributed by atoms with Crippen molar-refractivity contribution in [2.45, 2.75) is 43.7 Å². The van der Waals surface area contributed by atoms with Gasteiger partial charge in [-0.15, -0.1) is 0 Å². The third-order valence-electron chi connectivity index (χ3n) is 5.97. The molecule has 10 heteroatoms. The van der Waals surface area contributed by atoms with Crippen molar-refractivity contribution < 1.29 is 31.1 Å². The predicted molar refractivity (Wildman–Crippen MR) is 133 cm³/mol. The fourth-order valence-electron chi connectivity index (χ4n) is 4.00. The number of pyridine rings is 1. The van der Waals surface area contributed by atoms with Crippen molar-refractivity contribution in [3.8, 4) is 0 Å². The molecule has 0 fully saturated rings. The first-order valence-corrected chi connectivity index (χ1v) is 12.8. The average molecular weight is 531 g/mol. The number of hydrogen-bond donors (Lipinski definition) is 0. The van der Waals surface area contributed by atoms with E-state index in [1.807, 2.05) is 26.8 Å². The molecule has 4 aromatic rings. The molecular formula is C27H25F3N2O4S. The van der Waals surface area contributed by atoms with Gasteiger partial charge in [0.2, 0.25) is 0 Å². The van der Waals surface area contributed by atoms with Gasteiger partial charge in [-0.1, -0.05) is 45.0 Å². The minimum Gasteiger partial charge on any atom is -0.465 e. The van der Waals surface area contributed by atoms with Crippen molar-refractivity contribution in [3.63, 3.8) is 0 Å². The molecule has 0 saturated carbocycles. The van der Waals surface area contributed by atoms with Gasteiger partial charge in [-0.2, -0.15) is 13.2 Å². The molecule has 194 valence electrons. The Morgan fingerprint density at radius 1 is 0.973 bits per heavy atom. The molecule has 2 aromatic carbocycles. The quantitative estimate of drug-likeness (QED) is 0.297. The van der Waals surface area contributed by atoms with Crippen molar-refractivity contribution in [2.24, 2.45) is 0 Å². The normalized spacial score (nSPS) is 12.6. The Morgan fingerprint density at radius 2 is 1.65 bits per heavy atom. The van der Waals surface area contributed by atoms with Crippen LogP contribution in [0.1, 0.15) is 53.6 Å². The van der Waals surface area contributed by atoms with Crippen molar-refractivity contribution >= 4 is 27.0 Å². The van der Waals surface area contributed by atoms with Gasteiger partial charge < -0.3 is 4.74 Å². The molecule has 0 aliphatic rings. The topological polar surface area (TPSA) is 78.3 Å². The lowest BCUT2D eigenvalue weighted by atomic mass is 9.87. The summed E-state index contributed by atoms with van der Waals surface area (Å²) < 4.78 is 73.6. The highest BCUT2D eigenvalue weighted by Crippen LogP contribution is 2.33. The zero-order valence-corrected chi connectivity index (χ0v) is 21.4. The minimum atomic E-state index is -4.68. The van der Waals surface area contributed by atoms with Gasteiger partial charge >= 0.3 is 12.1 Å². The molecule has 2 aromatic heterocycles. The van der Waals surface area contributed by atoms with Gasteiger partial charge in [-0.25, -0.2) is 22.2 Å². The van der Waals surface area contributed by atoms with E-state index in [9.17, 15) is 26.4 Å². The van der Waals surface area contributed by atoms with E-state index in [-0.39, 0.29) is 33.5 Å². The second-order valence-corrected chi connectivity index (χ2v) is 11.4. The molecule has 0 radical (unpaired) electrons. The van der Waals surface area contributed by atoms with E-state index in [1.54, 1.807) is 24.3 Å². The molecule has 0 aliphatic heterocycles. The summed E-state index contributed by atoms with van der Waals surface area (Å²) in [4.78, 5) is 15.5. The SMILES string of the molecule is COC(=O)c1ccc(Cc2cc3nc(C(F)(F)F)ccc3n2S(=O)(=O)c2cccc(C(C)(C)C)c2)cc1. The van der Waals surface area contributed by atoms with Crippen LogP contribution in [-0.4, -0.2) is 30.5 Å². The van der Waals surface area contributed by atoms with Gasteiger partial charge in [-0.3, -0.25) is 0 Å². The molecule has 0 N–H and O–H groups in total. The summed E-state index contributed by atoms with van der Waals surface area (Å²) in [5.41, 5.74) is 0.496. The number of hydrogen-bond acceptors (Lipinski definition) is 5. The highest BCUT2D eigenvalue weighted by molar-refractivity contribution is 7.90. The van der Waals surface area contributed by atoms with E-state index in [2.05, 4.69) is 4.98 Å². The lowest BCUT2D eigenvalue weighted by Crippen LogP contribution is -2.18. The minimum absolute atomic E-state index is 0.0135. The van der Waals surface area contributed by atoms with E-state index in [0.29, 0.717) is 11.1 Å². The molecule has 37 heavy (non-hydrogen) atoms. The molecule has 0 saturated heterocycles. The molecule has 0 atom stereocenters. The van der Waals surface area contributed by atoms with E-state index in [0.717, 1.165) is 21.7 Å². The summed E-state index contributed by atoms with van der Waals surface area (Å²) >= 11 is 0. The number of halogens is 3. The lowest BCUT2D eigenvalue weighted by Gasteiger charge is -2.20. The van der Waals surface area contributed by atoms with Crippen LogP contribution in [0.4, 0.5) is 13.2 Å². The summed E-state index contributed by atoms with van der Waals surface area (Å²) in [5.74, 6) is -0.522. The van der Waals surface area contributed by atoms with E-state index < -0.39 is 27.9 Å². The van der Waals surface area contributed by atoms with Crippen LogP contribution in [0.2, 0.25) is 0 Å². The first-order valence-electron chi connectivity index (χ1n) is 11.3. The standard InChI is InChI=1S/C27H25F3N2O4S/c1-26(2,3)19-6-5-7-21(15-19)37(34,35)32-20(14-17-8-10-18(11-9-17)25(33)36-4)16-22-23(32)12-13-24(31-22)27(28,29)30/h5-13,15-16H,14H2,1-4H3.